The summed E-state index contributed by atoms with van der Waals surface area (Å²) in [6, 6.07) is 18.2. The molecule has 2 heterocycles. The topological polar surface area (TPSA) is 52.3 Å². The van der Waals surface area contributed by atoms with E-state index < -0.39 is 0 Å². The average Bonchev–Trinajstić information content (AvgIpc) is 3.23. The van der Waals surface area contributed by atoms with Crippen molar-refractivity contribution in [3.05, 3.63) is 75.5 Å². The van der Waals surface area contributed by atoms with Gasteiger partial charge in [0.05, 0.1) is 5.75 Å². The van der Waals surface area contributed by atoms with Crippen LogP contribution in [0.3, 0.4) is 0 Å². The summed E-state index contributed by atoms with van der Waals surface area (Å²) in [5.41, 5.74) is 1.31. The second kappa shape index (κ2) is 8.20. The molecule has 0 fully saturated rings. The molecule has 0 aliphatic rings. The van der Waals surface area contributed by atoms with Crippen molar-refractivity contribution in [3.8, 4) is 5.75 Å². The maximum atomic E-state index is 5.79. The number of aromatic nitrogens is 4. The van der Waals surface area contributed by atoms with Crippen molar-refractivity contribution in [2.24, 2.45) is 0 Å². The molecular formula is C18H15BrN4OS2. The molecule has 0 aliphatic carbocycles. The lowest BCUT2D eigenvalue weighted by atomic mass is 10.2. The van der Waals surface area contributed by atoms with Gasteiger partial charge in [-0.25, -0.2) is 0 Å². The Bertz CT molecular complexity index is 986. The standard InChI is InChI=1S/C18H15BrN4OS2/c19-14-6-8-15(9-7-14)24-10-17-22-23-16(20-21-18(23)26-17)12-25-11-13-4-2-1-3-5-13/h1-9H,10-12H2. The zero-order valence-electron chi connectivity index (χ0n) is 13.7. The van der Waals surface area contributed by atoms with Crippen molar-refractivity contribution in [2.75, 3.05) is 0 Å². The smallest absolute Gasteiger partial charge is 0.234 e. The third kappa shape index (κ3) is 4.25. The van der Waals surface area contributed by atoms with Crippen molar-refractivity contribution in [1.82, 2.24) is 19.8 Å². The first-order chi connectivity index (χ1) is 12.8. The van der Waals surface area contributed by atoms with Crippen molar-refractivity contribution < 1.29 is 4.74 Å². The molecule has 4 rings (SSSR count). The highest BCUT2D eigenvalue weighted by molar-refractivity contribution is 9.10. The Hall–Kier alpha value is -1.90. The number of nitrogens with zero attached hydrogens (tertiary/aromatic N) is 4. The third-order valence-corrected chi connectivity index (χ3v) is 6.02. The van der Waals surface area contributed by atoms with E-state index in [-0.39, 0.29) is 0 Å². The van der Waals surface area contributed by atoms with E-state index >= 15 is 0 Å². The molecule has 2 aromatic carbocycles. The SMILES string of the molecule is Brc1ccc(OCc2nn3c(CSCc4ccccc4)nnc3s2)cc1. The zero-order chi connectivity index (χ0) is 17.8. The van der Waals surface area contributed by atoms with Gasteiger partial charge in [0.25, 0.3) is 0 Å². The largest absolute Gasteiger partial charge is 0.486 e. The van der Waals surface area contributed by atoms with Crippen molar-refractivity contribution in [3.63, 3.8) is 0 Å². The lowest BCUT2D eigenvalue weighted by Crippen LogP contribution is -1.99. The van der Waals surface area contributed by atoms with Crippen LogP contribution in [0.15, 0.2) is 59.1 Å². The highest BCUT2D eigenvalue weighted by Crippen LogP contribution is 2.22. The van der Waals surface area contributed by atoms with Gasteiger partial charge in [-0.3, -0.25) is 0 Å². The van der Waals surface area contributed by atoms with Gasteiger partial charge in [-0.05, 0) is 29.8 Å². The molecule has 0 aliphatic heterocycles. The Morgan fingerprint density at radius 3 is 2.62 bits per heavy atom. The number of ether oxygens (including phenoxy) is 1. The van der Waals surface area contributed by atoms with Gasteiger partial charge in [-0.1, -0.05) is 57.6 Å². The summed E-state index contributed by atoms with van der Waals surface area (Å²) < 4.78 is 8.64. The average molecular weight is 447 g/mol. The number of hydrogen-bond acceptors (Lipinski definition) is 6. The summed E-state index contributed by atoms with van der Waals surface area (Å²) in [5, 5.41) is 14.0. The van der Waals surface area contributed by atoms with E-state index in [1.54, 1.807) is 11.8 Å². The highest BCUT2D eigenvalue weighted by atomic mass is 79.9. The predicted molar refractivity (Wildman–Crippen MR) is 109 cm³/mol. The first-order valence-corrected chi connectivity index (χ1v) is 10.7. The molecule has 132 valence electrons. The minimum Gasteiger partial charge on any atom is -0.486 e. The van der Waals surface area contributed by atoms with Crippen molar-refractivity contribution in [1.29, 1.82) is 0 Å². The number of fused-ring (bicyclic) bond motifs is 1. The van der Waals surface area contributed by atoms with Crippen LogP contribution in [0, 0.1) is 0 Å². The van der Waals surface area contributed by atoms with E-state index in [0.29, 0.717) is 6.61 Å². The monoisotopic (exact) mass is 446 g/mol. The van der Waals surface area contributed by atoms with Gasteiger partial charge in [-0.15, -0.1) is 22.0 Å². The van der Waals surface area contributed by atoms with Gasteiger partial charge in [0.1, 0.15) is 12.4 Å². The fraction of sp³-hybridized carbons (Fsp3) is 0.167. The molecule has 0 N–H and O–H groups in total. The maximum Gasteiger partial charge on any atom is 0.234 e. The summed E-state index contributed by atoms with van der Waals surface area (Å²) in [5.74, 6) is 3.40. The first kappa shape index (κ1) is 17.5. The number of thioether (sulfide) groups is 1. The van der Waals surface area contributed by atoms with Crippen LogP contribution in [-0.2, 0) is 18.1 Å². The van der Waals surface area contributed by atoms with Crippen LogP contribution in [0.25, 0.3) is 4.96 Å². The lowest BCUT2D eigenvalue weighted by molar-refractivity contribution is 0.304. The lowest BCUT2D eigenvalue weighted by Gasteiger charge is -2.03. The van der Waals surface area contributed by atoms with Gasteiger partial charge >= 0.3 is 0 Å². The van der Waals surface area contributed by atoms with E-state index in [0.717, 1.165) is 37.5 Å². The summed E-state index contributed by atoms with van der Waals surface area (Å²) in [6.45, 7) is 0.423. The fourth-order valence-electron chi connectivity index (χ4n) is 2.36. The molecule has 26 heavy (non-hydrogen) atoms. The van der Waals surface area contributed by atoms with Gasteiger partial charge in [-0.2, -0.15) is 9.61 Å². The van der Waals surface area contributed by atoms with Gasteiger partial charge in [0, 0.05) is 10.2 Å². The molecule has 4 aromatic rings. The minimum atomic E-state index is 0.423. The van der Waals surface area contributed by atoms with E-state index in [4.69, 9.17) is 4.74 Å². The normalized spacial score (nSPS) is 11.1. The van der Waals surface area contributed by atoms with Crippen molar-refractivity contribution in [2.45, 2.75) is 18.1 Å². The Morgan fingerprint density at radius 2 is 1.81 bits per heavy atom. The van der Waals surface area contributed by atoms with E-state index in [9.17, 15) is 0 Å². The van der Waals surface area contributed by atoms with Crippen LogP contribution in [0.4, 0.5) is 0 Å². The van der Waals surface area contributed by atoms with Crippen LogP contribution in [0.5, 0.6) is 5.75 Å². The molecule has 0 spiro atoms. The molecule has 0 saturated carbocycles. The summed E-state index contributed by atoms with van der Waals surface area (Å²) in [6.07, 6.45) is 0. The molecule has 8 heteroatoms. The minimum absolute atomic E-state index is 0.423. The second-order valence-corrected chi connectivity index (χ2v) is 8.47. The Kier molecular flexibility index (Phi) is 5.52. The molecule has 5 nitrogen and oxygen atoms in total. The number of benzene rings is 2. The van der Waals surface area contributed by atoms with Crippen molar-refractivity contribution >= 4 is 44.0 Å². The van der Waals surface area contributed by atoms with Gasteiger partial charge < -0.3 is 4.74 Å². The first-order valence-electron chi connectivity index (χ1n) is 7.98. The number of halogens is 1. The molecule has 0 amide bonds. The molecule has 0 atom stereocenters. The molecule has 0 radical (unpaired) electrons. The number of rotatable bonds is 7. The Labute approximate surface area is 167 Å². The maximum absolute atomic E-state index is 5.79. The third-order valence-electron chi connectivity index (χ3n) is 3.62. The highest BCUT2D eigenvalue weighted by Gasteiger charge is 2.12. The predicted octanol–water partition coefficient (Wildman–Crippen LogP) is 4.96. The number of hydrogen-bond donors (Lipinski definition) is 0. The van der Waals surface area contributed by atoms with Crippen LogP contribution < -0.4 is 4.74 Å². The quantitative estimate of drug-likeness (QED) is 0.401. The molecule has 0 bridgehead atoms. The summed E-state index contributed by atoms with van der Waals surface area (Å²) in [4.78, 5) is 0.801. The Balaban J connectivity index is 1.37. The van der Waals surface area contributed by atoms with E-state index in [1.165, 1.54) is 16.9 Å². The van der Waals surface area contributed by atoms with Gasteiger partial charge in [0.15, 0.2) is 10.8 Å². The Morgan fingerprint density at radius 1 is 1.00 bits per heavy atom. The summed E-state index contributed by atoms with van der Waals surface area (Å²) >= 11 is 6.73. The van der Waals surface area contributed by atoms with Crippen LogP contribution >= 0.6 is 39.0 Å². The zero-order valence-corrected chi connectivity index (χ0v) is 16.9. The van der Waals surface area contributed by atoms with E-state index in [1.807, 2.05) is 34.8 Å². The van der Waals surface area contributed by atoms with Gasteiger partial charge in [0.2, 0.25) is 4.96 Å². The van der Waals surface area contributed by atoms with E-state index in [2.05, 4.69) is 55.5 Å². The molecule has 0 unspecified atom stereocenters. The molecular weight excluding hydrogens is 432 g/mol. The fourth-order valence-corrected chi connectivity index (χ4v) is 4.28. The second-order valence-electron chi connectivity index (χ2n) is 5.53. The summed E-state index contributed by atoms with van der Waals surface area (Å²) in [7, 11) is 0. The van der Waals surface area contributed by atoms with Crippen LogP contribution in [0.1, 0.15) is 16.4 Å². The molecule has 2 aromatic heterocycles. The molecule has 0 saturated heterocycles. The van der Waals surface area contributed by atoms with Crippen LogP contribution in [-0.4, -0.2) is 19.8 Å². The van der Waals surface area contributed by atoms with Crippen LogP contribution in [0.2, 0.25) is 0 Å².